The summed E-state index contributed by atoms with van der Waals surface area (Å²) in [5.41, 5.74) is 0.942. The number of piperidine rings is 1. The molecule has 3 aliphatic rings. The number of carbonyl (C=O) groups is 2. The molecule has 2 aliphatic heterocycles. The van der Waals surface area contributed by atoms with E-state index in [-0.39, 0.29) is 29.3 Å². The standard InChI is InChI=1S/C30H47ClN4O2/c1-22(2)28(36)33-30(24-8-5-4-6-9-24)15-18-35(19-16-30)29(37)27(20-23-11-13-25(31)14-12-23)32-21-26-10-7-17-34(26)3/h11-14,22,24,26-27,32H,4-10,15-21H2,1-3H3,(H,33,36)/t26?,27-/m1/s1. The molecule has 0 radical (unpaired) electrons. The highest BCUT2D eigenvalue weighted by molar-refractivity contribution is 6.30. The highest BCUT2D eigenvalue weighted by atomic mass is 35.5. The first-order valence-corrected chi connectivity index (χ1v) is 14.9. The van der Waals surface area contributed by atoms with Gasteiger partial charge in [-0.1, -0.05) is 56.8 Å². The summed E-state index contributed by atoms with van der Waals surface area (Å²) >= 11 is 6.12. The van der Waals surface area contributed by atoms with Crippen molar-refractivity contribution in [2.75, 3.05) is 33.2 Å². The third kappa shape index (κ3) is 7.27. The first-order valence-electron chi connectivity index (χ1n) is 14.6. The lowest BCUT2D eigenvalue weighted by atomic mass is 9.69. The van der Waals surface area contributed by atoms with Gasteiger partial charge in [0.05, 0.1) is 6.04 Å². The Balaban J connectivity index is 1.45. The molecule has 2 heterocycles. The van der Waals surface area contributed by atoms with Crippen LogP contribution in [0.4, 0.5) is 0 Å². The normalized spacial score (nSPS) is 23.8. The summed E-state index contributed by atoms with van der Waals surface area (Å²) in [6.45, 7) is 7.30. The number of nitrogens with zero attached hydrogens (tertiary/aromatic N) is 2. The summed E-state index contributed by atoms with van der Waals surface area (Å²) in [7, 11) is 2.18. The van der Waals surface area contributed by atoms with E-state index in [1.165, 1.54) is 44.9 Å². The molecule has 1 saturated carbocycles. The zero-order valence-electron chi connectivity index (χ0n) is 23.1. The van der Waals surface area contributed by atoms with Gasteiger partial charge >= 0.3 is 0 Å². The maximum atomic E-state index is 13.9. The number of rotatable bonds is 9. The van der Waals surface area contributed by atoms with Crippen LogP contribution < -0.4 is 10.6 Å². The monoisotopic (exact) mass is 530 g/mol. The molecule has 0 spiro atoms. The fourth-order valence-electron chi connectivity index (χ4n) is 6.65. The maximum absolute atomic E-state index is 13.9. The molecule has 2 N–H and O–H groups in total. The van der Waals surface area contributed by atoms with E-state index >= 15 is 0 Å². The molecule has 206 valence electrons. The minimum Gasteiger partial charge on any atom is -0.350 e. The van der Waals surface area contributed by atoms with Gasteiger partial charge in [0.25, 0.3) is 0 Å². The summed E-state index contributed by atoms with van der Waals surface area (Å²) in [6, 6.07) is 8.07. The van der Waals surface area contributed by atoms with Crippen molar-refractivity contribution in [1.82, 2.24) is 20.4 Å². The van der Waals surface area contributed by atoms with Gasteiger partial charge in [-0.3, -0.25) is 9.59 Å². The van der Waals surface area contributed by atoms with Crippen LogP contribution >= 0.6 is 11.6 Å². The molecule has 0 aromatic heterocycles. The summed E-state index contributed by atoms with van der Waals surface area (Å²) in [4.78, 5) is 31.2. The quantitative estimate of drug-likeness (QED) is 0.488. The number of benzene rings is 1. The second-order valence-electron chi connectivity index (χ2n) is 12.0. The summed E-state index contributed by atoms with van der Waals surface area (Å²) < 4.78 is 0. The Labute approximate surface area is 228 Å². The molecule has 2 saturated heterocycles. The molecular formula is C30H47ClN4O2. The van der Waals surface area contributed by atoms with Crippen molar-refractivity contribution in [3.63, 3.8) is 0 Å². The molecule has 6 nitrogen and oxygen atoms in total. The summed E-state index contributed by atoms with van der Waals surface area (Å²) in [5.74, 6) is 0.820. The zero-order chi connectivity index (χ0) is 26.4. The van der Waals surface area contributed by atoms with Crippen LogP contribution in [0.2, 0.25) is 5.02 Å². The summed E-state index contributed by atoms with van der Waals surface area (Å²) in [5, 5.41) is 7.85. The smallest absolute Gasteiger partial charge is 0.240 e. The molecule has 1 aromatic carbocycles. The van der Waals surface area contributed by atoms with Gasteiger partial charge < -0.3 is 20.4 Å². The zero-order valence-corrected chi connectivity index (χ0v) is 23.9. The fourth-order valence-corrected chi connectivity index (χ4v) is 6.77. The second kappa shape index (κ2) is 12.9. The Kier molecular flexibility index (Phi) is 9.93. The van der Waals surface area contributed by atoms with Gasteiger partial charge in [0, 0.05) is 42.2 Å². The van der Waals surface area contributed by atoms with Gasteiger partial charge in [-0.15, -0.1) is 0 Å². The third-order valence-electron chi connectivity index (χ3n) is 9.17. The number of nitrogens with one attached hydrogen (secondary N) is 2. The highest BCUT2D eigenvalue weighted by Gasteiger charge is 2.44. The first-order chi connectivity index (χ1) is 17.8. The van der Waals surface area contributed by atoms with E-state index in [1.54, 1.807) is 0 Å². The molecule has 2 atom stereocenters. The minimum atomic E-state index is -0.261. The molecule has 7 heteroatoms. The number of carbonyl (C=O) groups excluding carboxylic acids is 2. The van der Waals surface area contributed by atoms with E-state index in [0.29, 0.717) is 36.5 Å². The average Bonchev–Trinajstić information content (AvgIpc) is 3.32. The van der Waals surface area contributed by atoms with E-state index in [1.807, 2.05) is 38.1 Å². The number of amides is 2. The van der Waals surface area contributed by atoms with Crippen LogP contribution in [0, 0.1) is 11.8 Å². The van der Waals surface area contributed by atoms with E-state index in [0.717, 1.165) is 31.5 Å². The van der Waals surface area contributed by atoms with Gasteiger partial charge in [0.15, 0.2) is 0 Å². The lowest BCUT2D eigenvalue weighted by Crippen LogP contribution is -2.62. The Hall–Kier alpha value is -1.63. The van der Waals surface area contributed by atoms with Crippen molar-refractivity contribution < 1.29 is 9.59 Å². The molecule has 3 fully saturated rings. The molecule has 1 aromatic rings. The minimum absolute atomic E-state index is 0.0261. The SMILES string of the molecule is CC(C)C(=O)NC1(C2CCCCC2)CCN(C(=O)[C@@H](Cc2ccc(Cl)cc2)NCC2CCCN2C)CC1. The number of hydrogen-bond donors (Lipinski definition) is 2. The van der Waals surface area contributed by atoms with Crippen molar-refractivity contribution in [3.05, 3.63) is 34.9 Å². The molecule has 1 aliphatic carbocycles. The first kappa shape index (κ1) is 28.4. The van der Waals surface area contributed by atoms with Crippen LogP contribution in [0.3, 0.4) is 0 Å². The fraction of sp³-hybridized carbons (Fsp3) is 0.733. The van der Waals surface area contributed by atoms with Crippen LogP contribution in [0.15, 0.2) is 24.3 Å². The maximum Gasteiger partial charge on any atom is 0.240 e. The topological polar surface area (TPSA) is 64.7 Å². The van der Waals surface area contributed by atoms with Gasteiger partial charge in [-0.05, 0) is 82.2 Å². The van der Waals surface area contributed by atoms with Gasteiger partial charge in [-0.2, -0.15) is 0 Å². The molecule has 0 bridgehead atoms. The Bertz CT molecular complexity index is 891. The Morgan fingerprint density at radius 2 is 1.68 bits per heavy atom. The van der Waals surface area contributed by atoms with Gasteiger partial charge in [0.1, 0.15) is 0 Å². The largest absolute Gasteiger partial charge is 0.350 e. The van der Waals surface area contributed by atoms with Crippen molar-refractivity contribution >= 4 is 23.4 Å². The van der Waals surface area contributed by atoms with Gasteiger partial charge in [-0.25, -0.2) is 0 Å². The van der Waals surface area contributed by atoms with Crippen LogP contribution in [-0.2, 0) is 16.0 Å². The van der Waals surface area contributed by atoms with Crippen molar-refractivity contribution in [2.24, 2.45) is 11.8 Å². The Morgan fingerprint density at radius 3 is 2.27 bits per heavy atom. The number of halogens is 1. The average molecular weight is 531 g/mol. The Morgan fingerprint density at radius 1 is 1.00 bits per heavy atom. The van der Waals surface area contributed by atoms with Crippen molar-refractivity contribution in [1.29, 1.82) is 0 Å². The predicted octanol–water partition coefficient (Wildman–Crippen LogP) is 4.65. The third-order valence-corrected chi connectivity index (χ3v) is 9.43. The lowest BCUT2D eigenvalue weighted by Gasteiger charge is -2.49. The van der Waals surface area contributed by atoms with Crippen molar-refractivity contribution in [2.45, 2.75) is 95.7 Å². The van der Waals surface area contributed by atoms with Crippen LogP contribution in [0.25, 0.3) is 0 Å². The number of hydrogen-bond acceptors (Lipinski definition) is 4. The van der Waals surface area contributed by atoms with Crippen LogP contribution in [0.1, 0.15) is 77.2 Å². The number of likely N-dealkylation sites (tertiary alicyclic amines) is 2. The van der Waals surface area contributed by atoms with E-state index in [9.17, 15) is 9.59 Å². The lowest BCUT2D eigenvalue weighted by molar-refractivity contribution is -0.136. The van der Waals surface area contributed by atoms with Crippen LogP contribution in [-0.4, -0.2) is 72.5 Å². The van der Waals surface area contributed by atoms with E-state index in [2.05, 4.69) is 27.5 Å². The highest BCUT2D eigenvalue weighted by Crippen LogP contribution is 2.39. The molecule has 4 rings (SSSR count). The molecule has 1 unspecified atom stereocenters. The van der Waals surface area contributed by atoms with Crippen LogP contribution in [0.5, 0.6) is 0 Å². The van der Waals surface area contributed by atoms with Crippen molar-refractivity contribution in [3.8, 4) is 0 Å². The molecule has 2 amide bonds. The number of likely N-dealkylation sites (N-methyl/N-ethyl adjacent to an activating group) is 1. The molecular weight excluding hydrogens is 484 g/mol. The molecule has 37 heavy (non-hydrogen) atoms. The van der Waals surface area contributed by atoms with E-state index in [4.69, 9.17) is 11.6 Å². The van der Waals surface area contributed by atoms with E-state index < -0.39 is 0 Å². The summed E-state index contributed by atoms with van der Waals surface area (Å²) in [6.07, 6.45) is 10.9. The second-order valence-corrected chi connectivity index (χ2v) is 12.5. The van der Waals surface area contributed by atoms with Gasteiger partial charge in [0.2, 0.25) is 11.8 Å². The predicted molar refractivity (Wildman–Crippen MR) is 151 cm³/mol.